The summed E-state index contributed by atoms with van der Waals surface area (Å²) < 4.78 is 0. The van der Waals surface area contributed by atoms with E-state index >= 15 is 0 Å². The summed E-state index contributed by atoms with van der Waals surface area (Å²) in [7, 11) is 0. The molecule has 0 amide bonds. The molecule has 1 fully saturated rings. The van der Waals surface area contributed by atoms with Crippen LogP contribution in [0.4, 0.5) is 0 Å². The zero-order valence-electron chi connectivity index (χ0n) is 7.54. The Kier molecular flexibility index (Phi) is 2.26. The number of hydrogen-bond donors (Lipinski definition) is 2. The van der Waals surface area contributed by atoms with Crippen LogP contribution in [0.1, 0.15) is 33.6 Å². The Morgan fingerprint density at radius 1 is 1.18 bits per heavy atom. The summed E-state index contributed by atoms with van der Waals surface area (Å²) in [5.41, 5.74) is 0.193. The summed E-state index contributed by atoms with van der Waals surface area (Å²) >= 11 is 0. The topological polar surface area (TPSA) is 40.5 Å². The van der Waals surface area contributed by atoms with E-state index in [1.807, 2.05) is 6.92 Å². The maximum absolute atomic E-state index is 9.43. The van der Waals surface area contributed by atoms with Gasteiger partial charge in [-0.1, -0.05) is 20.8 Å². The molecule has 0 spiro atoms. The SMILES string of the molecule is CC1CC(C)(C)CC(O)C1O. The van der Waals surface area contributed by atoms with Gasteiger partial charge < -0.3 is 10.2 Å². The van der Waals surface area contributed by atoms with Crippen molar-refractivity contribution in [2.75, 3.05) is 0 Å². The molecule has 0 aromatic heterocycles. The maximum Gasteiger partial charge on any atom is 0.0824 e. The van der Waals surface area contributed by atoms with Crippen molar-refractivity contribution in [3.8, 4) is 0 Å². The van der Waals surface area contributed by atoms with E-state index in [1.54, 1.807) is 0 Å². The summed E-state index contributed by atoms with van der Waals surface area (Å²) in [5, 5.41) is 18.9. The highest BCUT2D eigenvalue weighted by molar-refractivity contribution is 4.88. The second kappa shape index (κ2) is 2.76. The fourth-order valence-corrected chi connectivity index (χ4v) is 2.14. The molecule has 0 heterocycles. The van der Waals surface area contributed by atoms with Crippen molar-refractivity contribution in [1.29, 1.82) is 0 Å². The van der Waals surface area contributed by atoms with Crippen LogP contribution < -0.4 is 0 Å². The Labute approximate surface area is 68.2 Å². The van der Waals surface area contributed by atoms with Crippen LogP contribution in [0, 0.1) is 11.3 Å². The van der Waals surface area contributed by atoms with Crippen LogP contribution in [0.3, 0.4) is 0 Å². The first kappa shape index (κ1) is 9.01. The van der Waals surface area contributed by atoms with E-state index in [4.69, 9.17) is 0 Å². The van der Waals surface area contributed by atoms with E-state index in [2.05, 4.69) is 13.8 Å². The molecule has 1 aliphatic rings. The Hall–Kier alpha value is -0.0800. The van der Waals surface area contributed by atoms with Crippen LogP contribution in [-0.2, 0) is 0 Å². The Bertz CT molecular complexity index is 128. The minimum absolute atomic E-state index is 0.193. The van der Waals surface area contributed by atoms with Gasteiger partial charge in [-0.15, -0.1) is 0 Å². The van der Waals surface area contributed by atoms with Crippen molar-refractivity contribution >= 4 is 0 Å². The Balaban J connectivity index is 2.62. The summed E-state index contributed by atoms with van der Waals surface area (Å²) in [6.07, 6.45) is 0.695. The summed E-state index contributed by atoms with van der Waals surface area (Å²) in [6, 6.07) is 0. The molecule has 2 heteroatoms. The van der Waals surface area contributed by atoms with Crippen LogP contribution >= 0.6 is 0 Å². The van der Waals surface area contributed by atoms with E-state index in [0.717, 1.165) is 12.8 Å². The predicted molar refractivity (Wildman–Crippen MR) is 44.2 cm³/mol. The lowest BCUT2D eigenvalue weighted by Crippen LogP contribution is -2.42. The molecular formula is C9H18O2. The molecule has 0 saturated heterocycles. The van der Waals surface area contributed by atoms with Crippen molar-refractivity contribution in [2.24, 2.45) is 11.3 Å². The van der Waals surface area contributed by atoms with E-state index in [-0.39, 0.29) is 11.3 Å². The van der Waals surface area contributed by atoms with Gasteiger partial charge in [-0.3, -0.25) is 0 Å². The molecule has 1 rings (SSSR count). The van der Waals surface area contributed by atoms with Crippen LogP contribution in [-0.4, -0.2) is 22.4 Å². The van der Waals surface area contributed by atoms with E-state index in [0.29, 0.717) is 0 Å². The lowest BCUT2D eigenvalue weighted by atomic mass is 9.70. The van der Waals surface area contributed by atoms with Crippen molar-refractivity contribution in [3.63, 3.8) is 0 Å². The number of hydrogen-bond acceptors (Lipinski definition) is 2. The van der Waals surface area contributed by atoms with Gasteiger partial charge in [-0.2, -0.15) is 0 Å². The number of rotatable bonds is 0. The predicted octanol–water partition coefficient (Wildman–Crippen LogP) is 1.16. The molecule has 11 heavy (non-hydrogen) atoms. The molecule has 0 bridgehead atoms. The van der Waals surface area contributed by atoms with Crippen molar-refractivity contribution in [2.45, 2.75) is 45.8 Å². The summed E-state index contributed by atoms with van der Waals surface area (Å²) in [5.74, 6) is 0.230. The standard InChI is InChI=1S/C9H18O2/c1-6-4-9(2,3)5-7(10)8(6)11/h6-8,10-11H,4-5H2,1-3H3. The number of aliphatic hydroxyl groups excluding tert-OH is 2. The van der Waals surface area contributed by atoms with Crippen molar-refractivity contribution in [1.82, 2.24) is 0 Å². The minimum atomic E-state index is -0.520. The van der Waals surface area contributed by atoms with Gasteiger partial charge in [-0.05, 0) is 24.2 Å². The fourth-order valence-electron chi connectivity index (χ4n) is 2.14. The van der Waals surface area contributed by atoms with Gasteiger partial charge in [0.25, 0.3) is 0 Å². The van der Waals surface area contributed by atoms with Gasteiger partial charge in [-0.25, -0.2) is 0 Å². The Morgan fingerprint density at radius 2 is 1.73 bits per heavy atom. The third-order valence-electron chi connectivity index (χ3n) is 2.61. The molecule has 2 nitrogen and oxygen atoms in total. The molecule has 0 aliphatic heterocycles. The molecule has 2 N–H and O–H groups in total. The molecule has 0 aromatic carbocycles. The highest BCUT2D eigenvalue weighted by atomic mass is 16.3. The molecule has 3 unspecified atom stereocenters. The first-order valence-electron chi connectivity index (χ1n) is 4.28. The highest BCUT2D eigenvalue weighted by Gasteiger charge is 2.37. The molecule has 3 atom stereocenters. The van der Waals surface area contributed by atoms with Gasteiger partial charge in [0.15, 0.2) is 0 Å². The van der Waals surface area contributed by atoms with Gasteiger partial charge in [0.2, 0.25) is 0 Å². The first-order chi connectivity index (χ1) is 4.92. The lowest BCUT2D eigenvalue weighted by molar-refractivity contribution is -0.0755. The van der Waals surface area contributed by atoms with Crippen molar-refractivity contribution in [3.05, 3.63) is 0 Å². The lowest BCUT2D eigenvalue weighted by Gasteiger charge is -2.40. The zero-order chi connectivity index (χ0) is 8.65. The van der Waals surface area contributed by atoms with Gasteiger partial charge >= 0.3 is 0 Å². The molecule has 0 aromatic rings. The quantitative estimate of drug-likeness (QED) is 0.555. The minimum Gasteiger partial charge on any atom is -0.390 e. The van der Waals surface area contributed by atoms with E-state index in [9.17, 15) is 10.2 Å². The summed E-state index contributed by atoms with van der Waals surface area (Å²) in [6.45, 7) is 6.27. The normalized spacial score (nSPS) is 43.9. The monoisotopic (exact) mass is 158 g/mol. The maximum atomic E-state index is 9.43. The zero-order valence-corrected chi connectivity index (χ0v) is 7.54. The second-order valence-electron chi connectivity index (χ2n) is 4.61. The molecule has 0 radical (unpaired) electrons. The summed E-state index contributed by atoms with van der Waals surface area (Å²) in [4.78, 5) is 0. The van der Waals surface area contributed by atoms with Crippen molar-refractivity contribution < 1.29 is 10.2 Å². The smallest absolute Gasteiger partial charge is 0.0824 e. The van der Waals surface area contributed by atoms with Crippen LogP contribution in [0.5, 0.6) is 0 Å². The third kappa shape index (κ3) is 1.94. The Morgan fingerprint density at radius 3 is 2.18 bits per heavy atom. The van der Waals surface area contributed by atoms with Gasteiger partial charge in [0.05, 0.1) is 12.2 Å². The average Bonchev–Trinajstić information content (AvgIpc) is 1.81. The molecule has 1 aliphatic carbocycles. The van der Waals surface area contributed by atoms with E-state index in [1.165, 1.54) is 0 Å². The highest BCUT2D eigenvalue weighted by Crippen LogP contribution is 2.38. The van der Waals surface area contributed by atoms with E-state index < -0.39 is 12.2 Å². The second-order valence-corrected chi connectivity index (χ2v) is 4.61. The van der Waals surface area contributed by atoms with Crippen LogP contribution in [0.2, 0.25) is 0 Å². The first-order valence-corrected chi connectivity index (χ1v) is 4.28. The average molecular weight is 158 g/mol. The largest absolute Gasteiger partial charge is 0.390 e. The van der Waals surface area contributed by atoms with Crippen LogP contribution in [0.25, 0.3) is 0 Å². The van der Waals surface area contributed by atoms with Crippen LogP contribution in [0.15, 0.2) is 0 Å². The number of aliphatic hydroxyl groups is 2. The van der Waals surface area contributed by atoms with Gasteiger partial charge in [0.1, 0.15) is 0 Å². The van der Waals surface area contributed by atoms with Gasteiger partial charge in [0, 0.05) is 0 Å². The molecule has 66 valence electrons. The molecular weight excluding hydrogens is 140 g/mol. The fraction of sp³-hybridized carbons (Fsp3) is 1.00. The molecule has 1 saturated carbocycles. The third-order valence-corrected chi connectivity index (χ3v) is 2.61.